The zero-order valence-corrected chi connectivity index (χ0v) is 15.7. The molecule has 1 heterocycles. The predicted molar refractivity (Wildman–Crippen MR) is 108 cm³/mol. The van der Waals surface area contributed by atoms with Crippen LogP contribution in [0.4, 0.5) is 5.69 Å². The largest absolute Gasteiger partial charge is 0.504 e. The standard InChI is InChI=1S/C21H15N3O6/c1-2-30-17-8-3-5-12(19(17)25)11-22-23-20(26)14-7-4-6-13-16(24(28)29)10-9-15(18(13)14)21(23)27/h3-11,25H,2H2,1H3. The van der Waals surface area contributed by atoms with Crippen molar-refractivity contribution in [1.29, 1.82) is 0 Å². The summed E-state index contributed by atoms with van der Waals surface area (Å²) >= 11 is 0. The number of phenols is 1. The minimum Gasteiger partial charge on any atom is -0.504 e. The molecule has 3 aromatic carbocycles. The third-order valence-corrected chi connectivity index (χ3v) is 4.70. The van der Waals surface area contributed by atoms with Gasteiger partial charge >= 0.3 is 0 Å². The van der Waals surface area contributed by atoms with Crippen LogP contribution in [-0.4, -0.2) is 39.7 Å². The molecule has 0 saturated carbocycles. The van der Waals surface area contributed by atoms with Crippen molar-refractivity contribution >= 4 is 34.5 Å². The Morgan fingerprint density at radius 3 is 2.50 bits per heavy atom. The molecular weight excluding hydrogens is 390 g/mol. The molecule has 0 radical (unpaired) electrons. The zero-order valence-electron chi connectivity index (χ0n) is 15.7. The van der Waals surface area contributed by atoms with Crippen LogP contribution in [0.15, 0.2) is 53.6 Å². The fraction of sp³-hybridized carbons (Fsp3) is 0.0952. The highest BCUT2D eigenvalue weighted by Crippen LogP contribution is 2.35. The van der Waals surface area contributed by atoms with Gasteiger partial charge < -0.3 is 9.84 Å². The number of hydrazone groups is 1. The fourth-order valence-corrected chi connectivity index (χ4v) is 3.37. The van der Waals surface area contributed by atoms with Crippen molar-refractivity contribution in [3.8, 4) is 11.5 Å². The molecule has 3 aromatic rings. The van der Waals surface area contributed by atoms with Crippen molar-refractivity contribution in [2.45, 2.75) is 6.92 Å². The van der Waals surface area contributed by atoms with E-state index in [1.54, 1.807) is 25.1 Å². The van der Waals surface area contributed by atoms with Crippen molar-refractivity contribution in [3.63, 3.8) is 0 Å². The van der Waals surface area contributed by atoms with Crippen LogP contribution >= 0.6 is 0 Å². The first-order valence-corrected chi connectivity index (χ1v) is 9.01. The molecule has 0 aromatic heterocycles. The molecule has 0 aliphatic carbocycles. The molecule has 0 fully saturated rings. The number of imide groups is 1. The van der Waals surface area contributed by atoms with E-state index >= 15 is 0 Å². The van der Waals surface area contributed by atoms with E-state index in [2.05, 4.69) is 5.10 Å². The van der Waals surface area contributed by atoms with Gasteiger partial charge in [-0.05, 0) is 37.3 Å². The number of nitro benzene ring substituents is 1. The lowest BCUT2D eigenvalue weighted by Gasteiger charge is -2.23. The number of carbonyl (C=O) groups is 2. The molecule has 0 spiro atoms. The number of nitro groups is 1. The lowest BCUT2D eigenvalue weighted by Crippen LogP contribution is -2.36. The molecule has 150 valence electrons. The molecule has 1 N–H and O–H groups in total. The van der Waals surface area contributed by atoms with Gasteiger partial charge in [-0.2, -0.15) is 10.1 Å². The van der Waals surface area contributed by atoms with Gasteiger partial charge in [0.2, 0.25) is 0 Å². The smallest absolute Gasteiger partial charge is 0.282 e. The molecule has 9 nitrogen and oxygen atoms in total. The molecule has 1 aliphatic heterocycles. The van der Waals surface area contributed by atoms with E-state index in [4.69, 9.17) is 4.74 Å². The average Bonchev–Trinajstić information content (AvgIpc) is 2.73. The van der Waals surface area contributed by atoms with Gasteiger partial charge in [0.1, 0.15) is 0 Å². The molecule has 0 unspecified atom stereocenters. The van der Waals surface area contributed by atoms with Crippen molar-refractivity contribution in [2.75, 3.05) is 6.61 Å². The predicted octanol–water partition coefficient (Wildman–Crippen LogP) is 3.48. The lowest BCUT2D eigenvalue weighted by atomic mass is 9.94. The van der Waals surface area contributed by atoms with Crippen molar-refractivity contribution in [3.05, 3.63) is 75.3 Å². The van der Waals surface area contributed by atoms with Crippen molar-refractivity contribution < 1.29 is 24.4 Å². The molecule has 9 heteroatoms. The summed E-state index contributed by atoms with van der Waals surface area (Å²) in [5.41, 5.74) is 0.338. The number of hydrogen-bond acceptors (Lipinski definition) is 7. The van der Waals surface area contributed by atoms with Crippen molar-refractivity contribution in [1.82, 2.24) is 5.01 Å². The minimum atomic E-state index is -0.713. The van der Waals surface area contributed by atoms with Crippen LogP contribution in [0.2, 0.25) is 0 Å². The first kappa shape index (κ1) is 19.1. The highest BCUT2D eigenvalue weighted by Gasteiger charge is 2.34. The summed E-state index contributed by atoms with van der Waals surface area (Å²) in [6.07, 6.45) is 1.18. The summed E-state index contributed by atoms with van der Waals surface area (Å²) in [7, 11) is 0. The molecule has 0 atom stereocenters. The molecule has 2 amide bonds. The van der Waals surface area contributed by atoms with Crippen molar-refractivity contribution in [2.24, 2.45) is 5.10 Å². The van der Waals surface area contributed by atoms with Gasteiger partial charge in [-0.25, -0.2) is 0 Å². The van der Waals surface area contributed by atoms with Crippen LogP contribution in [0.1, 0.15) is 33.2 Å². The number of amides is 2. The van der Waals surface area contributed by atoms with Crippen LogP contribution in [0, 0.1) is 10.1 Å². The van der Waals surface area contributed by atoms with E-state index in [1.165, 1.54) is 36.5 Å². The fourth-order valence-electron chi connectivity index (χ4n) is 3.37. The third-order valence-electron chi connectivity index (χ3n) is 4.70. The maximum absolute atomic E-state index is 12.9. The Bertz CT molecular complexity index is 1230. The maximum Gasteiger partial charge on any atom is 0.282 e. The number of non-ortho nitro benzene ring substituents is 1. The molecule has 1 aliphatic rings. The Balaban J connectivity index is 1.78. The Hall–Kier alpha value is -4.27. The van der Waals surface area contributed by atoms with E-state index < -0.39 is 16.7 Å². The van der Waals surface area contributed by atoms with Gasteiger partial charge in [0.25, 0.3) is 17.5 Å². The number of benzene rings is 3. The summed E-state index contributed by atoms with van der Waals surface area (Å²) < 4.78 is 5.31. The number of aromatic hydroxyl groups is 1. The average molecular weight is 405 g/mol. The Morgan fingerprint density at radius 1 is 1.10 bits per heavy atom. The first-order valence-electron chi connectivity index (χ1n) is 9.01. The van der Waals surface area contributed by atoms with Gasteiger partial charge in [0, 0.05) is 17.0 Å². The van der Waals surface area contributed by atoms with Crippen LogP contribution in [0.5, 0.6) is 11.5 Å². The third kappa shape index (κ3) is 2.93. The minimum absolute atomic E-state index is 0.134. The normalized spacial score (nSPS) is 13.3. The van der Waals surface area contributed by atoms with E-state index in [0.29, 0.717) is 11.6 Å². The van der Waals surface area contributed by atoms with Gasteiger partial charge in [-0.15, -0.1) is 0 Å². The van der Waals surface area contributed by atoms with Gasteiger partial charge in [-0.1, -0.05) is 12.1 Å². The van der Waals surface area contributed by atoms with E-state index in [1.807, 2.05) is 0 Å². The highest BCUT2D eigenvalue weighted by atomic mass is 16.6. The van der Waals surface area contributed by atoms with Crippen LogP contribution < -0.4 is 4.74 Å². The molecule has 0 saturated heterocycles. The van der Waals surface area contributed by atoms with Gasteiger partial charge in [0.15, 0.2) is 11.5 Å². The second kappa shape index (κ2) is 7.28. The number of hydrogen-bond donors (Lipinski definition) is 1. The number of para-hydroxylation sites is 1. The second-order valence-electron chi connectivity index (χ2n) is 6.41. The number of phenolic OH excluding ortho intramolecular Hbond substituents is 1. The van der Waals surface area contributed by atoms with Crippen LogP contribution in [0.25, 0.3) is 10.8 Å². The summed E-state index contributed by atoms with van der Waals surface area (Å²) in [4.78, 5) is 36.6. The number of ether oxygens (including phenoxy) is 1. The summed E-state index contributed by atoms with van der Waals surface area (Å²) in [6.45, 7) is 2.12. The monoisotopic (exact) mass is 405 g/mol. The molecule has 4 rings (SSSR count). The summed E-state index contributed by atoms with van der Waals surface area (Å²) in [5, 5.41) is 26.7. The zero-order chi connectivity index (χ0) is 21.4. The quantitative estimate of drug-likeness (QED) is 0.300. The van der Waals surface area contributed by atoms with E-state index in [-0.39, 0.29) is 44.6 Å². The Morgan fingerprint density at radius 2 is 1.80 bits per heavy atom. The van der Waals surface area contributed by atoms with Gasteiger partial charge in [-0.3, -0.25) is 19.7 Å². The summed E-state index contributed by atoms with van der Waals surface area (Å²) in [5.74, 6) is -1.34. The Labute approximate surface area is 169 Å². The molecule has 30 heavy (non-hydrogen) atoms. The van der Waals surface area contributed by atoms with Crippen LogP contribution in [0.3, 0.4) is 0 Å². The van der Waals surface area contributed by atoms with E-state index in [0.717, 1.165) is 0 Å². The molecular formula is C21H15N3O6. The topological polar surface area (TPSA) is 122 Å². The lowest BCUT2D eigenvalue weighted by molar-refractivity contribution is -0.383. The number of nitrogens with zero attached hydrogens (tertiary/aromatic N) is 3. The van der Waals surface area contributed by atoms with Gasteiger partial charge in [0.05, 0.1) is 34.3 Å². The highest BCUT2D eigenvalue weighted by molar-refractivity contribution is 6.26. The SMILES string of the molecule is CCOc1cccc(C=NN2C(=O)c3cccc4c([N+](=O)[O-])ccc(c34)C2=O)c1O. The first-order chi connectivity index (χ1) is 14.4. The number of carbonyl (C=O) groups excluding carboxylic acids is 2. The number of rotatable bonds is 5. The van der Waals surface area contributed by atoms with Crippen LogP contribution in [-0.2, 0) is 0 Å². The Kier molecular flexibility index (Phi) is 4.63. The maximum atomic E-state index is 12.9. The molecule has 0 bridgehead atoms. The van der Waals surface area contributed by atoms with E-state index in [9.17, 15) is 24.8 Å². The second-order valence-corrected chi connectivity index (χ2v) is 6.41. The summed E-state index contributed by atoms with van der Waals surface area (Å²) in [6, 6.07) is 11.8.